The third-order valence-corrected chi connectivity index (χ3v) is 3.22. The summed E-state index contributed by atoms with van der Waals surface area (Å²) in [7, 11) is 0. The number of primary amides is 1. The van der Waals surface area contributed by atoms with E-state index in [4.69, 9.17) is 10.5 Å². The predicted molar refractivity (Wildman–Crippen MR) is 71.5 cm³/mol. The summed E-state index contributed by atoms with van der Waals surface area (Å²) in [6.07, 6.45) is 1.41. The highest BCUT2D eigenvalue weighted by Crippen LogP contribution is 2.31. The number of nitrogens with two attached hydrogens (primary N) is 1. The first-order valence-electron chi connectivity index (χ1n) is 6.16. The van der Waals surface area contributed by atoms with E-state index in [-0.39, 0.29) is 17.5 Å². The molecule has 0 radical (unpaired) electrons. The standard InChI is InChI=1S/C14H13N3O3/c15-13(18)8-5-10(16-6-8)14(19)17-11-7-20-12-4-2-1-3-9(11)12/h1-6,11,16H,7H2,(H2,15,18)(H,17,19). The largest absolute Gasteiger partial charge is 0.491 e. The zero-order valence-electron chi connectivity index (χ0n) is 10.6. The summed E-state index contributed by atoms with van der Waals surface area (Å²) in [5, 5.41) is 2.86. The zero-order valence-corrected chi connectivity index (χ0v) is 10.6. The smallest absolute Gasteiger partial charge is 0.268 e. The second-order valence-corrected chi connectivity index (χ2v) is 4.54. The number of ether oxygens (including phenoxy) is 1. The van der Waals surface area contributed by atoms with Crippen molar-refractivity contribution in [3.05, 3.63) is 53.3 Å². The van der Waals surface area contributed by atoms with Crippen molar-refractivity contribution in [2.45, 2.75) is 6.04 Å². The van der Waals surface area contributed by atoms with Gasteiger partial charge in [-0.2, -0.15) is 0 Å². The van der Waals surface area contributed by atoms with Gasteiger partial charge in [-0.3, -0.25) is 9.59 Å². The molecule has 4 N–H and O–H groups in total. The molecule has 2 amide bonds. The number of nitrogens with one attached hydrogen (secondary N) is 2. The Morgan fingerprint density at radius 2 is 2.15 bits per heavy atom. The van der Waals surface area contributed by atoms with Gasteiger partial charge in [0.1, 0.15) is 18.1 Å². The van der Waals surface area contributed by atoms with Crippen LogP contribution in [0.5, 0.6) is 5.75 Å². The van der Waals surface area contributed by atoms with Crippen molar-refractivity contribution in [3.63, 3.8) is 0 Å². The maximum Gasteiger partial charge on any atom is 0.268 e. The first kappa shape index (κ1) is 12.3. The van der Waals surface area contributed by atoms with Crippen LogP contribution in [0.25, 0.3) is 0 Å². The second kappa shape index (κ2) is 4.73. The van der Waals surface area contributed by atoms with Crippen molar-refractivity contribution < 1.29 is 14.3 Å². The van der Waals surface area contributed by atoms with Gasteiger partial charge in [-0.15, -0.1) is 0 Å². The van der Waals surface area contributed by atoms with Crippen LogP contribution in [0.4, 0.5) is 0 Å². The number of para-hydroxylation sites is 1. The molecule has 1 aromatic carbocycles. The molecule has 6 heteroatoms. The fourth-order valence-corrected chi connectivity index (χ4v) is 2.19. The Hall–Kier alpha value is -2.76. The van der Waals surface area contributed by atoms with E-state index < -0.39 is 5.91 Å². The van der Waals surface area contributed by atoms with Gasteiger partial charge in [0, 0.05) is 11.8 Å². The summed E-state index contributed by atoms with van der Waals surface area (Å²) in [5.74, 6) is -0.0974. The summed E-state index contributed by atoms with van der Waals surface area (Å²) in [6.45, 7) is 0.397. The van der Waals surface area contributed by atoms with Gasteiger partial charge in [-0.05, 0) is 12.1 Å². The number of rotatable bonds is 3. The molecule has 20 heavy (non-hydrogen) atoms. The molecule has 1 aliphatic heterocycles. The number of carbonyl (C=O) groups is 2. The summed E-state index contributed by atoms with van der Waals surface area (Å²) in [4.78, 5) is 25.8. The number of aromatic amines is 1. The van der Waals surface area contributed by atoms with Crippen LogP contribution in [0.15, 0.2) is 36.5 Å². The van der Waals surface area contributed by atoms with Crippen LogP contribution in [-0.2, 0) is 0 Å². The average molecular weight is 271 g/mol. The monoisotopic (exact) mass is 271 g/mol. The molecule has 3 rings (SSSR count). The lowest BCUT2D eigenvalue weighted by Crippen LogP contribution is -2.29. The van der Waals surface area contributed by atoms with Gasteiger partial charge in [-0.25, -0.2) is 0 Å². The number of aromatic nitrogens is 1. The minimum absolute atomic E-state index is 0.195. The van der Waals surface area contributed by atoms with E-state index in [1.807, 2.05) is 24.3 Å². The van der Waals surface area contributed by atoms with E-state index in [9.17, 15) is 9.59 Å². The highest BCUT2D eigenvalue weighted by molar-refractivity contribution is 5.98. The lowest BCUT2D eigenvalue weighted by Gasteiger charge is -2.10. The fraction of sp³-hybridized carbons (Fsp3) is 0.143. The van der Waals surface area contributed by atoms with Crippen molar-refractivity contribution in [2.24, 2.45) is 5.73 Å². The lowest BCUT2D eigenvalue weighted by atomic mass is 10.1. The molecule has 2 heterocycles. The van der Waals surface area contributed by atoms with Gasteiger partial charge in [0.2, 0.25) is 5.91 Å². The van der Waals surface area contributed by atoms with Crippen LogP contribution < -0.4 is 15.8 Å². The number of fused-ring (bicyclic) bond motifs is 1. The average Bonchev–Trinajstić information content (AvgIpc) is 3.06. The summed E-state index contributed by atoms with van der Waals surface area (Å²) in [6, 6.07) is 8.79. The van der Waals surface area contributed by atoms with Crippen molar-refractivity contribution in [3.8, 4) is 5.75 Å². The molecule has 0 saturated carbocycles. The Bertz CT molecular complexity index is 678. The van der Waals surface area contributed by atoms with Crippen LogP contribution in [0.1, 0.15) is 32.5 Å². The molecule has 0 spiro atoms. The number of benzene rings is 1. The minimum Gasteiger partial charge on any atom is -0.491 e. The second-order valence-electron chi connectivity index (χ2n) is 4.54. The van der Waals surface area contributed by atoms with Crippen molar-refractivity contribution >= 4 is 11.8 Å². The van der Waals surface area contributed by atoms with Crippen LogP contribution in [0.3, 0.4) is 0 Å². The van der Waals surface area contributed by atoms with Crippen molar-refractivity contribution in [2.75, 3.05) is 6.61 Å². The van der Waals surface area contributed by atoms with E-state index in [0.29, 0.717) is 12.3 Å². The highest BCUT2D eigenvalue weighted by atomic mass is 16.5. The minimum atomic E-state index is -0.574. The van der Waals surface area contributed by atoms with Gasteiger partial charge < -0.3 is 20.8 Å². The van der Waals surface area contributed by atoms with E-state index in [1.165, 1.54) is 12.3 Å². The SMILES string of the molecule is NC(=O)c1c[nH]c(C(=O)NC2COc3ccccc32)c1. The van der Waals surface area contributed by atoms with Gasteiger partial charge in [-0.1, -0.05) is 18.2 Å². The van der Waals surface area contributed by atoms with Crippen molar-refractivity contribution in [1.29, 1.82) is 0 Å². The molecule has 0 saturated heterocycles. The molecular weight excluding hydrogens is 258 g/mol. The van der Waals surface area contributed by atoms with Gasteiger partial charge in [0.25, 0.3) is 5.91 Å². The first-order chi connectivity index (χ1) is 9.65. The summed E-state index contributed by atoms with van der Waals surface area (Å²) < 4.78 is 5.49. The van der Waals surface area contributed by atoms with Crippen LogP contribution >= 0.6 is 0 Å². The molecule has 1 atom stereocenters. The van der Waals surface area contributed by atoms with Crippen LogP contribution in [-0.4, -0.2) is 23.4 Å². The van der Waals surface area contributed by atoms with Gasteiger partial charge in [0.15, 0.2) is 0 Å². The highest BCUT2D eigenvalue weighted by Gasteiger charge is 2.25. The van der Waals surface area contributed by atoms with E-state index in [2.05, 4.69) is 10.3 Å². The molecule has 1 aromatic heterocycles. The molecule has 1 aliphatic rings. The lowest BCUT2D eigenvalue weighted by molar-refractivity contribution is 0.0925. The van der Waals surface area contributed by atoms with E-state index in [0.717, 1.165) is 11.3 Å². The van der Waals surface area contributed by atoms with Crippen LogP contribution in [0.2, 0.25) is 0 Å². The Morgan fingerprint density at radius 3 is 2.90 bits per heavy atom. The number of carbonyl (C=O) groups excluding carboxylic acids is 2. The van der Waals surface area contributed by atoms with Crippen LogP contribution in [0, 0.1) is 0 Å². The summed E-state index contributed by atoms with van der Waals surface area (Å²) in [5.41, 5.74) is 6.66. The predicted octanol–water partition coefficient (Wildman–Crippen LogP) is 0.977. The zero-order chi connectivity index (χ0) is 14.1. The molecule has 6 nitrogen and oxygen atoms in total. The van der Waals surface area contributed by atoms with E-state index in [1.54, 1.807) is 0 Å². The third kappa shape index (κ3) is 2.11. The fourth-order valence-electron chi connectivity index (χ4n) is 2.19. The number of H-pyrrole nitrogens is 1. The quantitative estimate of drug-likeness (QED) is 0.776. The maximum atomic E-state index is 12.1. The third-order valence-electron chi connectivity index (χ3n) is 3.22. The van der Waals surface area contributed by atoms with E-state index >= 15 is 0 Å². The molecule has 102 valence electrons. The Balaban J connectivity index is 1.75. The molecule has 1 unspecified atom stereocenters. The first-order valence-corrected chi connectivity index (χ1v) is 6.16. The Labute approximate surface area is 114 Å². The maximum absolute atomic E-state index is 12.1. The number of hydrogen-bond donors (Lipinski definition) is 3. The molecule has 0 fully saturated rings. The molecule has 2 aromatic rings. The Morgan fingerprint density at radius 1 is 1.35 bits per heavy atom. The normalized spacial score (nSPS) is 16.3. The number of amides is 2. The van der Waals surface area contributed by atoms with Gasteiger partial charge >= 0.3 is 0 Å². The van der Waals surface area contributed by atoms with Crippen molar-refractivity contribution in [1.82, 2.24) is 10.3 Å². The molecular formula is C14H13N3O3. The number of hydrogen-bond acceptors (Lipinski definition) is 3. The molecule has 0 aliphatic carbocycles. The topological polar surface area (TPSA) is 97.2 Å². The molecule has 0 bridgehead atoms. The summed E-state index contributed by atoms with van der Waals surface area (Å²) >= 11 is 0. The Kier molecular flexibility index (Phi) is 2.90. The van der Waals surface area contributed by atoms with Gasteiger partial charge in [0.05, 0.1) is 11.6 Å².